The number of pyridine rings is 1. The molecule has 0 radical (unpaired) electrons. The van der Waals surface area contributed by atoms with Crippen molar-refractivity contribution in [1.82, 2.24) is 4.98 Å². The molecule has 1 saturated carbocycles. The summed E-state index contributed by atoms with van der Waals surface area (Å²) >= 11 is 3.53. The summed E-state index contributed by atoms with van der Waals surface area (Å²) in [6.45, 7) is 5.78. The number of rotatable bonds is 7. The van der Waals surface area contributed by atoms with E-state index in [9.17, 15) is 19.2 Å². The fourth-order valence-electron chi connectivity index (χ4n) is 7.39. The molecule has 226 valence electrons. The van der Waals surface area contributed by atoms with Crippen LogP contribution in [0.5, 0.6) is 0 Å². The number of aryl methyl sites for hydroxylation is 1. The molecule has 1 aliphatic heterocycles. The van der Waals surface area contributed by atoms with Crippen LogP contribution in [0.15, 0.2) is 88.9 Å². The van der Waals surface area contributed by atoms with Crippen LogP contribution in [0.1, 0.15) is 53.0 Å². The lowest BCUT2D eigenvalue weighted by Gasteiger charge is -2.19. The van der Waals surface area contributed by atoms with Crippen molar-refractivity contribution in [2.45, 2.75) is 39.7 Å². The van der Waals surface area contributed by atoms with Gasteiger partial charge in [-0.15, -0.1) is 0 Å². The first-order valence-electron chi connectivity index (χ1n) is 15.2. The maximum Gasteiger partial charge on any atom is 0.339 e. The van der Waals surface area contributed by atoms with Crippen LogP contribution in [0.25, 0.3) is 22.2 Å². The number of ether oxygens (including phenoxy) is 1. The fourth-order valence-corrected chi connectivity index (χ4v) is 7.96. The maximum atomic E-state index is 13.7. The number of carbonyl (C=O) groups is 4. The zero-order chi connectivity index (χ0) is 31.6. The van der Waals surface area contributed by atoms with Gasteiger partial charge in [0.15, 0.2) is 6.10 Å². The Bertz CT molecular complexity index is 1930. The Morgan fingerprint density at radius 2 is 1.69 bits per heavy atom. The molecule has 5 atom stereocenters. The summed E-state index contributed by atoms with van der Waals surface area (Å²) in [4.78, 5) is 60.0. The SMILES string of the molecule is CCC(OC(=O)c1cc(-c2ccc(N3C(=O)C4C5C=C(C)C(C5)C4C3=O)cc2)nc2c(C)cc(Br)cc12)C(=O)c1ccccc1. The number of ketones is 1. The Balaban J connectivity index is 1.21. The minimum absolute atomic E-state index is 0.122. The zero-order valence-electron chi connectivity index (χ0n) is 25.1. The number of amides is 2. The summed E-state index contributed by atoms with van der Waals surface area (Å²) in [7, 11) is 0. The van der Waals surface area contributed by atoms with Gasteiger partial charge in [-0.2, -0.15) is 0 Å². The van der Waals surface area contributed by atoms with Gasteiger partial charge >= 0.3 is 5.97 Å². The van der Waals surface area contributed by atoms with E-state index in [1.807, 2.05) is 44.2 Å². The first-order chi connectivity index (χ1) is 21.7. The minimum Gasteiger partial charge on any atom is -0.450 e. The predicted molar refractivity (Wildman–Crippen MR) is 175 cm³/mol. The number of benzene rings is 3. The lowest BCUT2D eigenvalue weighted by Crippen LogP contribution is -2.32. The van der Waals surface area contributed by atoms with E-state index < -0.39 is 12.1 Å². The molecule has 45 heavy (non-hydrogen) atoms. The number of Topliss-reactive ketones (excluding diaryl/α,β-unsaturated/α-hetero) is 1. The van der Waals surface area contributed by atoms with E-state index in [1.165, 1.54) is 10.5 Å². The molecule has 2 bridgehead atoms. The number of hydrogen-bond acceptors (Lipinski definition) is 6. The lowest BCUT2D eigenvalue weighted by molar-refractivity contribution is -0.123. The first-order valence-corrected chi connectivity index (χ1v) is 16.0. The Morgan fingerprint density at radius 3 is 2.40 bits per heavy atom. The van der Waals surface area contributed by atoms with E-state index in [2.05, 4.69) is 28.9 Å². The van der Waals surface area contributed by atoms with E-state index in [0.717, 1.165) is 16.5 Å². The highest BCUT2D eigenvalue weighted by atomic mass is 79.9. The molecule has 2 amide bonds. The Morgan fingerprint density at radius 1 is 0.978 bits per heavy atom. The summed E-state index contributed by atoms with van der Waals surface area (Å²) in [6.07, 6.45) is 2.44. The number of aromatic nitrogens is 1. The van der Waals surface area contributed by atoms with Crippen LogP contribution in [0.3, 0.4) is 0 Å². The molecule has 0 spiro atoms. The van der Waals surface area contributed by atoms with Crippen LogP contribution in [-0.2, 0) is 14.3 Å². The van der Waals surface area contributed by atoms with Crippen molar-refractivity contribution in [2.24, 2.45) is 23.7 Å². The second-order valence-corrected chi connectivity index (χ2v) is 13.1. The van der Waals surface area contributed by atoms with Crippen LogP contribution < -0.4 is 4.90 Å². The second kappa shape index (κ2) is 11.2. The van der Waals surface area contributed by atoms with E-state index >= 15 is 0 Å². The third-order valence-electron chi connectivity index (χ3n) is 9.56. The van der Waals surface area contributed by atoms with Gasteiger partial charge in [0, 0.05) is 21.0 Å². The number of nitrogens with zero attached hydrogens (tertiary/aromatic N) is 2. The highest BCUT2D eigenvalue weighted by Crippen LogP contribution is 2.56. The first kappa shape index (κ1) is 29.3. The number of hydrogen-bond donors (Lipinski definition) is 0. The molecule has 2 fully saturated rings. The quantitative estimate of drug-likeness (QED) is 0.0881. The van der Waals surface area contributed by atoms with Crippen LogP contribution in [0.2, 0.25) is 0 Å². The normalized spacial score (nSPS) is 22.5. The van der Waals surface area contributed by atoms with Crippen molar-refractivity contribution in [2.75, 3.05) is 4.90 Å². The van der Waals surface area contributed by atoms with E-state index in [-0.39, 0.29) is 41.3 Å². The van der Waals surface area contributed by atoms with Crippen molar-refractivity contribution >= 4 is 56.1 Å². The average molecular weight is 664 g/mol. The third kappa shape index (κ3) is 4.83. The molecule has 4 aromatic rings. The summed E-state index contributed by atoms with van der Waals surface area (Å²) in [5.41, 5.74) is 5.25. The summed E-state index contributed by atoms with van der Waals surface area (Å²) in [5, 5.41) is 0.604. The minimum atomic E-state index is -0.941. The zero-order valence-corrected chi connectivity index (χ0v) is 26.7. The average Bonchev–Trinajstić information content (AvgIpc) is 3.69. The summed E-state index contributed by atoms with van der Waals surface area (Å²) < 4.78 is 6.63. The predicted octanol–water partition coefficient (Wildman–Crippen LogP) is 7.49. The molecule has 1 saturated heterocycles. The molecule has 1 aromatic heterocycles. The third-order valence-corrected chi connectivity index (χ3v) is 10.0. The van der Waals surface area contributed by atoms with Crippen molar-refractivity contribution < 1.29 is 23.9 Å². The van der Waals surface area contributed by atoms with Gasteiger partial charge in [-0.25, -0.2) is 9.78 Å². The molecule has 8 heteroatoms. The van der Waals surface area contributed by atoms with E-state index in [4.69, 9.17) is 9.72 Å². The van der Waals surface area contributed by atoms with Gasteiger partial charge in [0.1, 0.15) is 0 Å². The largest absolute Gasteiger partial charge is 0.450 e. The van der Waals surface area contributed by atoms with Gasteiger partial charge in [-0.3, -0.25) is 19.3 Å². The topological polar surface area (TPSA) is 93.6 Å². The number of esters is 1. The standard InChI is InChI=1S/C37H31BrN2O5/c1-4-30(34(41)22-8-6-5-7-9-22)45-37(44)28-18-29(39-33-20(3)15-24(38)17-27(28)33)21-10-12-25(13-11-21)40-35(42)31-23-14-19(2)26(16-23)32(31)36(40)43/h5-15,17-18,23,26,30-32H,4,16H2,1-3H3. The Kier molecular flexibility index (Phi) is 7.28. The molecule has 2 aliphatic carbocycles. The number of carbonyl (C=O) groups excluding carboxylic acids is 4. The number of imide groups is 1. The fraction of sp³-hybridized carbons (Fsp3) is 0.270. The summed E-state index contributed by atoms with van der Waals surface area (Å²) in [5.74, 6) is -1.38. The number of allylic oxidation sites excluding steroid dienone is 2. The van der Waals surface area contributed by atoms with E-state index in [1.54, 1.807) is 42.5 Å². The molecule has 2 heterocycles. The van der Waals surface area contributed by atoms with Crippen molar-refractivity contribution in [1.29, 1.82) is 0 Å². The molecule has 3 aliphatic rings. The lowest BCUT2D eigenvalue weighted by atomic mass is 9.82. The van der Waals surface area contributed by atoms with Crippen LogP contribution in [0.4, 0.5) is 5.69 Å². The van der Waals surface area contributed by atoms with Gasteiger partial charge in [0.25, 0.3) is 0 Å². The monoisotopic (exact) mass is 662 g/mol. The molecule has 5 unspecified atom stereocenters. The van der Waals surface area contributed by atoms with E-state index in [0.29, 0.717) is 45.4 Å². The summed E-state index contributed by atoms with van der Waals surface area (Å²) in [6, 6.07) is 21.4. The van der Waals surface area contributed by atoms with Crippen LogP contribution in [-0.4, -0.2) is 34.7 Å². The Labute approximate surface area is 269 Å². The van der Waals surface area contributed by atoms with Crippen LogP contribution >= 0.6 is 15.9 Å². The highest BCUT2D eigenvalue weighted by Gasteiger charge is 2.60. The van der Waals surface area contributed by atoms with Gasteiger partial charge in [-0.1, -0.05) is 77.0 Å². The van der Waals surface area contributed by atoms with Crippen molar-refractivity contribution in [3.05, 3.63) is 106 Å². The Hall–Kier alpha value is -4.43. The second-order valence-electron chi connectivity index (χ2n) is 12.2. The molecule has 0 N–H and O–H groups in total. The molecular weight excluding hydrogens is 632 g/mol. The van der Waals surface area contributed by atoms with Gasteiger partial charge in [0.2, 0.25) is 17.6 Å². The molecular formula is C37H31BrN2O5. The molecule has 7 rings (SSSR count). The van der Waals surface area contributed by atoms with Crippen molar-refractivity contribution in [3.8, 4) is 11.3 Å². The maximum absolute atomic E-state index is 13.7. The van der Waals surface area contributed by atoms with Gasteiger partial charge in [0.05, 0.1) is 34.3 Å². The molecule has 3 aromatic carbocycles. The number of halogens is 1. The highest BCUT2D eigenvalue weighted by molar-refractivity contribution is 9.10. The number of fused-ring (bicyclic) bond motifs is 6. The smallest absolute Gasteiger partial charge is 0.339 e. The molecule has 7 nitrogen and oxygen atoms in total. The van der Waals surface area contributed by atoms with Crippen molar-refractivity contribution in [3.63, 3.8) is 0 Å². The van der Waals surface area contributed by atoms with Gasteiger partial charge < -0.3 is 4.74 Å². The number of anilines is 1. The van der Waals surface area contributed by atoms with Gasteiger partial charge in [-0.05, 0) is 74.4 Å². The van der Waals surface area contributed by atoms with Crippen LogP contribution in [0, 0.1) is 30.6 Å².